The van der Waals surface area contributed by atoms with Crippen molar-refractivity contribution in [2.24, 2.45) is 4.99 Å². The van der Waals surface area contributed by atoms with E-state index in [0.29, 0.717) is 21.3 Å². The van der Waals surface area contributed by atoms with Crippen LogP contribution in [0.2, 0.25) is 10.0 Å². The van der Waals surface area contributed by atoms with Crippen LogP contribution in [0.5, 0.6) is 0 Å². The van der Waals surface area contributed by atoms with Crippen LogP contribution >= 0.6 is 23.2 Å². The minimum atomic E-state index is -3.84. The van der Waals surface area contributed by atoms with Crippen molar-refractivity contribution >= 4 is 50.9 Å². The maximum atomic E-state index is 12.3. The molecule has 2 aromatic carbocycles. The molecule has 0 unspecified atom stereocenters. The number of pyridine rings is 1. The SMILES string of the molecule is O=S(=O)([N-]c1ccccn1)c1ccc(N=Cc2c(Cl)cccc2Cl)cc1. The molecular weight excluding hydrogens is 393 g/mol. The molecular formula is C18H12Cl2N3O2S-. The molecule has 0 spiro atoms. The van der Waals surface area contributed by atoms with Crippen LogP contribution in [0.4, 0.5) is 11.5 Å². The summed E-state index contributed by atoms with van der Waals surface area (Å²) in [5.41, 5.74) is 1.15. The lowest BCUT2D eigenvalue weighted by Gasteiger charge is -2.14. The minimum Gasteiger partial charge on any atom is -0.442 e. The lowest BCUT2D eigenvalue weighted by Crippen LogP contribution is -1.97. The largest absolute Gasteiger partial charge is 0.442 e. The van der Waals surface area contributed by atoms with Crippen LogP contribution in [0.25, 0.3) is 4.72 Å². The van der Waals surface area contributed by atoms with Gasteiger partial charge in [-0.2, -0.15) is 0 Å². The number of hydrogen-bond donors (Lipinski definition) is 0. The van der Waals surface area contributed by atoms with E-state index in [0.717, 1.165) is 0 Å². The van der Waals surface area contributed by atoms with Gasteiger partial charge in [0, 0.05) is 11.8 Å². The van der Waals surface area contributed by atoms with E-state index in [2.05, 4.69) is 14.7 Å². The van der Waals surface area contributed by atoms with Crippen molar-refractivity contribution in [3.63, 3.8) is 0 Å². The highest BCUT2D eigenvalue weighted by Gasteiger charge is 2.09. The second-order valence-corrected chi connectivity index (χ2v) is 7.56. The fourth-order valence-corrected chi connectivity index (χ4v) is 3.50. The summed E-state index contributed by atoms with van der Waals surface area (Å²) in [5.74, 6) is 0.128. The Labute approximate surface area is 161 Å². The molecule has 0 amide bonds. The first kappa shape index (κ1) is 18.4. The Balaban J connectivity index is 1.79. The number of aromatic nitrogens is 1. The average Bonchev–Trinajstić information content (AvgIpc) is 2.62. The lowest BCUT2D eigenvalue weighted by atomic mass is 10.2. The van der Waals surface area contributed by atoms with E-state index in [-0.39, 0.29) is 10.7 Å². The molecule has 1 heterocycles. The molecule has 0 atom stereocenters. The molecule has 26 heavy (non-hydrogen) atoms. The molecule has 132 valence electrons. The highest BCUT2D eigenvalue weighted by atomic mass is 35.5. The maximum Gasteiger partial charge on any atom is 0.202 e. The molecule has 3 aromatic rings. The van der Waals surface area contributed by atoms with E-state index in [4.69, 9.17) is 23.2 Å². The fourth-order valence-electron chi connectivity index (χ4n) is 2.06. The summed E-state index contributed by atoms with van der Waals surface area (Å²) in [5, 5.41) is 0.962. The average molecular weight is 405 g/mol. The number of halogens is 2. The van der Waals surface area contributed by atoms with Crippen molar-refractivity contribution in [1.82, 2.24) is 4.98 Å². The third-order valence-electron chi connectivity index (χ3n) is 3.34. The van der Waals surface area contributed by atoms with Gasteiger partial charge in [-0.25, -0.2) is 8.42 Å². The van der Waals surface area contributed by atoms with Gasteiger partial charge in [0.15, 0.2) is 0 Å². The second kappa shape index (κ2) is 7.86. The summed E-state index contributed by atoms with van der Waals surface area (Å²) < 4.78 is 28.3. The van der Waals surface area contributed by atoms with E-state index in [1.165, 1.54) is 30.6 Å². The van der Waals surface area contributed by atoms with Gasteiger partial charge in [-0.05, 0) is 42.2 Å². The van der Waals surface area contributed by atoms with Crippen LogP contribution in [0.3, 0.4) is 0 Å². The zero-order valence-corrected chi connectivity index (χ0v) is 15.6. The van der Waals surface area contributed by atoms with Crippen molar-refractivity contribution in [3.05, 3.63) is 87.2 Å². The monoisotopic (exact) mass is 404 g/mol. The third-order valence-corrected chi connectivity index (χ3v) is 5.29. The van der Waals surface area contributed by atoms with Gasteiger partial charge in [0.25, 0.3) is 0 Å². The molecule has 0 saturated carbocycles. The van der Waals surface area contributed by atoms with Gasteiger partial charge >= 0.3 is 0 Å². The molecule has 0 saturated heterocycles. The number of aliphatic imine (C=N–C) groups is 1. The summed E-state index contributed by atoms with van der Waals surface area (Å²) >= 11 is 12.2. The topological polar surface area (TPSA) is 73.5 Å². The van der Waals surface area contributed by atoms with Gasteiger partial charge in [0.1, 0.15) is 0 Å². The molecule has 5 nitrogen and oxygen atoms in total. The minimum absolute atomic E-state index is 0.0536. The molecule has 0 aliphatic heterocycles. The molecule has 0 fully saturated rings. The number of nitrogens with zero attached hydrogens (tertiary/aromatic N) is 3. The van der Waals surface area contributed by atoms with Crippen LogP contribution in [0, 0.1) is 0 Å². The van der Waals surface area contributed by atoms with E-state index in [9.17, 15) is 8.42 Å². The maximum absolute atomic E-state index is 12.3. The molecule has 1 aromatic heterocycles. The number of sulfonamides is 1. The van der Waals surface area contributed by atoms with Gasteiger partial charge in [0.05, 0.1) is 20.6 Å². The smallest absolute Gasteiger partial charge is 0.202 e. The molecule has 0 N–H and O–H groups in total. The highest BCUT2D eigenvalue weighted by molar-refractivity contribution is 7.94. The standard InChI is InChI=1S/C18H12Cl2N3O2S/c19-16-4-3-5-17(20)15(16)12-22-13-7-9-14(10-8-13)26(24,25)23-18-6-1-2-11-21-18/h1-12H/q-1. The Hall–Kier alpha value is -2.41. The Bertz CT molecular complexity index is 1020. The van der Waals surface area contributed by atoms with Crippen molar-refractivity contribution in [2.75, 3.05) is 0 Å². The molecule has 3 rings (SSSR count). The molecule has 0 aliphatic carbocycles. The summed E-state index contributed by atoms with van der Waals surface area (Å²) in [6.07, 6.45) is 3.01. The number of hydrogen-bond acceptors (Lipinski definition) is 4. The Morgan fingerprint density at radius 3 is 2.23 bits per heavy atom. The number of benzene rings is 2. The predicted octanol–water partition coefficient (Wildman–Crippen LogP) is 5.53. The Morgan fingerprint density at radius 2 is 1.62 bits per heavy atom. The van der Waals surface area contributed by atoms with Crippen LogP contribution in [-0.4, -0.2) is 19.6 Å². The van der Waals surface area contributed by atoms with Crippen molar-refractivity contribution < 1.29 is 8.42 Å². The van der Waals surface area contributed by atoms with E-state index >= 15 is 0 Å². The van der Waals surface area contributed by atoms with Crippen molar-refractivity contribution in [3.8, 4) is 0 Å². The second-order valence-electron chi connectivity index (χ2n) is 5.14. The van der Waals surface area contributed by atoms with Crippen LogP contribution < -0.4 is 0 Å². The summed E-state index contributed by atoms with van der Waals surface area (Å²) in [7, 11) is -3.84. The van der Waals surface area contributed by atoms with E-state index < -0.39 is 10.0 Å². The summed E-state index contributed by atoms with van der Waals surface area (Å²) in [6, 6.07) is 16.0. The summed E-state index contributed by atoms with van der Waals surface area (Å²) in [4.78, 5) is 8.22. The first-order valence-corrected chi connectivity index (χ1v) is 9.62. The number of rotatable bonds is 5. The van der Waals surface area contributed by atoms with Gasteiger partial charge in [0.2, 0.25) is 10.0 Å². The van der Waals surface area contributed by atoms with Gasteiger partial charge in [-0.3, -0.25) is 4.99 Å². The zero-order chi connectivity index (χ0) is 18.6. The predicted molar refractivity (Wildman–Crippen MR) is 105 cm³/mol. The van der Waals surface area contributed by atoms with Gasteiger partial charge < -0.3 is 9.71 Å². The fraction of sp³-hybridized carbons (Fsp3) is 0. The highest BCUT2D eigenvalue weighted by Crippen LogP contribution is 2.27. The first-order valence-electron chi connectivity index (χ1n) is 7.43. The molecule has 0 radical (unpaired) electrons. The zero-order valence-electron chi connectivity index (χ0n) is 13.3. The Kier molecular flexibility index (Phi) is 5.56. The molecule has 0 aliphatic rings. The van der Waals surface area contributed by atoms with Crippen LogP contribution in [0.15, 0.2) is 76.7 Å². The Morgan fingerprint density at radius 1 is 0.923 bits per heavy atom. The normalized spacial score (nSPS) is 11.6. The third kappa shape index (κ3) is 4.40. The van der Waals surface area contributed by atoms with Gasteiger partial charge in [-0.15, -0.1) is 0 Å². The van der Waals surface area contributed by atoms with Crippen molar-refractivity contribution in [1.29, 1.82) is 0 Å². The lowest BCUT2D eigenvalue weighted by molar-refractivity contribution is 0.603. The van der Waals surface area contributed by atoms with Crippen LogP contribution in [-0.2, 0) is 10.0 Å². The van der Waals surface area contributed by atoms with E-state index in [1.807, 2.05) is 0 Å². The summed E-state index contributed by atoms with van der Waals surface area (Å²) in [6.45, 7) is 0. The quantitative estimate of drug-likeness (QED) is 0.524. The van der Waals surface area contributed by atoms with E-state index in [1.54, 1.807) is 42.5 Å². The molecule has 8 heteroatoms. The van der Waals surface area contributed by atoms with Crippen LogP contribution in [0.1, 0.15) is 5.56 Å². The van der Waals surface area contributed by atoms with Gasteiger partial charge in [-0.1, -0.05) is 53.7 Å². The first-order chi connectivity index (χ1) is 12.5. The van der Waals surface area contributed by atoms with Crippen molar-refractivity contribution in [2.45, 2.75) is 4.90 Å². The molecule has 0 bridgehead atoms.